The van der Waals surface area contributed by atoms with Crippen LogP contribution in [0.1, 0.15) is 41.6 Å². The number of hydrogen-bond donors (Lipinski definition) is 2. The summed E-state index contributed by atoms with van der Waals surface area (Å²) in [7, 11) is 0. The van der Waals surface area contributed by atoms with Crippen molar-refractivity contribution in [1.29, 1.82) is 0 Å². The Hall–Kier alpha value is -1.35. The Morgan fingerprint density at radius 3 is 2.65 bits per heavy atom. The number of nitrogens with one attached hydrogen (secondary N) is 1. The lowest BCUT2D eigenvalue weighted by Gasteiger charge is -2.29. The maximum Gasteiger partial charge on any atom is 0.248 e. The van der Waals surface area contributed by atoms with Gasteiger partial charge in [-0.1, -0.05) is 25.1 Å². The topological polar surface area (TPSA) is 55.1 Å². The molecule has 1 unspecified atom stereocenters. The van der Waals surface area contributed by atoms with Crippen molar-refractivity contribution in [3.05, 3.63) is 35.4 Å². The van der Waals surface area contributed by atoms with E-state index in [2.05, 4.69) is 12.2 Å². The normalized spacial score (nSPS) is 18.9. The van der Waals surface area contributed by atoms with E-state index in [1.54, 1.807) is 0 Å². The van der Waals surface area contributed by atoms with Crippen molar-refractivity contribution in [3.63, 3.8) is 0 Å². The molecule has 3 heteroatoms. The molecule has 0 bridgehead atoms. The fourth-order valence-electron chi connectivity index (χ4n) is 2.72. The molecule has 92 valence electrons. The molecule has 3 N–H and O–H groups in total. The smallest absolute Gasteiger partial charge is 0.248 e. The van der Waals surface area contributed by atoms with Crippen LogP contribution in [0, 0.1) is 5.92 Å². The highest BCUT2D eigenvalue weighted by Crippen LogP contribution is 2.32. The van der Waals surface area contributed by atoms with Gasteiger partial charge in [0.25, 0.3) is 0 Å². The van der Waals surface area contributed by atoms with Crippen LogP contribution in [0.3, 0.4) is 0 Å². The van der Waals surface area contributed by atoms with Gasteiger partial charge in [0.1, 0.15) is 0 Å². The maximum absolute atomic E-state index is 11.4. The molecule has 3 nitrogen and oxygen atoms in total. The summed E-state index contributed by atoms with van der Waals surface area (Å²) in [5.74, 6) is 0.735. The minimum Gasteiger partial charge on any atom is -0.366 e. The number of hydrogen-bond acceptors (Lipinski definition) is 2. The average molecular weight is 232 g/mol. The summed E-state index contributed by atoms with van der Waals surface area (Å²) < 4.78 is 0. The van der Waals surface area contributed by atoms with Crippen LogP contribution in [0.5, 0.6) is 0 Å². The molecule has 1 heterocycles. The SMILES string of the molecule is CC(c1ccccc1C(N)=O)C1CCNCC1. The van der Waals surface area contributed by atoms with E-state index in [9.17, 15) is 4.79 Å². The van der Waals surface area contributed by atoms with Gasteiger partial charge in [-0.15, -0.1) is 0 Å². The van der Waals surface area contributed by atoms with E-state index >= 15 is 0 Å². The molecule has 0 spiro atoms. The molecule has 2 rings (SSSR count). The monoisotopic (exact) mass is 232 g/mol. The number of rotatable bonds is 3. The highest BCUT2D eigenvalue weighted by Gasteiger charge is 2.23. The largest absolute Gasteiger partial charge is 0.366 e. The van der Waals surface area contributed by atoms with E-state index in [1.165, 1.54) is 12.8 Å². The molecule has 1 aliphatic heterocycles. The second-order valence-corrected chi connectivity index (χ2v) is 4.83. The molecule has 1 aliphatic rings. The van der Waals surface area contributed by atoms with Crippen molar-refractivity contribution >= 4 is 5.91 Å². The van der Waals surface area contributed by atoms with Gasteiger partial charge in [0.2, 0.25) is 5.91 Å². The van der Waals surface area contributed by atoms with Crippen molar-refractivity contribution in [2.75, 3.05) is 13.1 Å². The maximum atomic E-state index is 11.4. The summed E-state index contributed by atoms with van der Waals surface area (Å²) in [6, 6.07) is 7.72. The molecule has 1 fully saturated rings. The van der Waals surface area contributed by atoms with Crippen LogP contribution in [-0.2, 0) is 0 Å². The second-order valence-electron chi connectivity index (χ2n) is 4.83. The minimum absolute atomic E-state index is 0.318. The lowest BCUT2D eigenvalue weighted by atomic mass is 9.80. The summed E-state index contributed by atoms with van der Waals surface area (Å²) in [5, 5.41) is 3.37. The van der Waals surface area contributed by atoms with Crippen LogP contribution in [0.4, 0.5) is 0 Å². The zero-order chi connectivity index (χ0) is 12.3. The molecule has 1 atom stereocenters. The zero-order valence-corrected chi connectivity index (χ0v) is 10.3. The standard InChI is InChI=1S/C14H20N2O/c1-10(11-6-8-16-9-7-11)12-4-2-3-5-13(12)14(15)17/h2-5,10-11,16H,6-9H2,1H3,(H2,15,17). The van der Waals surface area contributed by atoms with Gasteiger partial charge < -0.3 is 11.1 Å². The summed E-state index contributed by atoms with van der Waals surface area (Å²) in [6.07, 6.45) is 2.35. The summed E-state index contributed by atoms with van der Waals surface area (Å²) in [5.41, 5.74) is 7.21. The first-order valence-electron chi connectivity index (χ1n) is 6.29. The van der Waals surface area contributed by atoms with Gasteiger partial charge >= 0.3 is 0 Å². The lowest BCUT2D eigenvalue weighted by Crippen LogP contribution is -2.30. The number of piperidine rings is 1. The Bertz CT molecular complexity index is 397. The Kier molecular flexibility index (Phi) is 3.79. The molecule has 1 aromatic carbocycles. The van der Waals surface area contributed by atoms with Crippen molar-refractivity contribution in [3.8, 4) is 0 Å². The van der Waals surface area contributed by atoms with Gasteiger partial charge in [-0.2, -0.15) is 0 Å². The van der Waals surface area contributed by atoms with Crippen molar-refractivity contribution in [1.82, 2.24) is 5.32 Å². The quantitative estimate of drug-likeness (QED) is 0.836. The van der Waals surface area contributed by atoms with Crippen LogP contribution in [0.25, 0.3) is 0 Å². The first kappa shape index (κ1) is 12.1. The number of nitrogens with two attached hydrogens (primary N) is 1. The molecule has 17 heavy (non-hydrogen) atoms. The van der Waals surface area contributed by atoms with Gasteiger partial charge in [-0.3, -0.25) is 4.79 Å². The van der Waals surface area contributed by atoms with E-state index < -0.39 is 0 Å². The van der Waals surface area contributed by atoms with Crippen LogP contribution in [0.15, 0.2) is 24.3 Å². The van der Waals surface area contributed by atoms with Gasteiger partial charge in [0.05, 0.1) is 0 Å². The van der Waals surface area contributed by atoms with Gasteiger partial charge in [0.15, 0.2) is 0 Å². The molecule has 1 amide bonds. The average Bonchev–Trinajstić information content (AvgIpc) is 2.39. The molecular weight excluding hydrogens is 212 g/mol. The van der Waals surface area contributed by atoms with Gasteiger partial charge in [-0.25, -0.2) is 0 Å². The number of primary amides is 1. The van der Waals surface area contributed by atoms with Crippen LogP contribution in [0.2, 0.25) is 0 Å². The molecule has 1 aromatic rings. The fraction of sp³-hybridized carbons (Fsp3) is 0.500. The van der Waals surface area contributed by atoms with Crippen molar-refractivity contribution in [2.24, 2.45) is 11.7 Å². The van der Waals surface area contributed by atoms with E-state index in [-0.39, 0.29) is 5.91 Å². The van der Waals surface area contributed by atoms with Crippen LogP contribution < -0.4 is 11.1 Å². The number of amides is 1. The van der Waals surface area contributed by atoms with E-state index in [0.29, 0.717) is 17.4 Å². The third kappa shape index (κ3) is 2.67. The third-order valence-electron chi connectivity index (χ3n) is 3.81. The van der Waals surface area contributed by atoms with Crippen LogP contribution in [-0.4, -0.2) is 19.0 Å². The van der Waals surface area contributed by atoms with Crippen molar-refractivity contribution in [2.45, 2.75) is 25.7 Å². The first-order valence-corrected chi connectivity index (χ1v) is 6.29. The van der Waals surface area contributed by atoms with Gasteiger partial charge in [-0.05, 0) is 49.4 Å². The molecular formula is C14H20N2O. The summed E-state index contributed by atoms with van der Waals surface area (Å²) in [4.78, 5) is 11.4. The second kappa shape index (κ2) is 5.32. The first-order chi connectivity index (χ1) is 8.20. The molecule has 0 radical (unpaired) electrons. The summed E-state index contributed by atoms with van der Waals surface area (Å²) >= 11 is 0. The Balaban J connectivity index is 2.23. The molecule has 0 aromatic heterocycles. The van der Waals surface area contributed by atoms with E-state index in [0.717, 1.165) is 18.7 Å². The zero-order valence-electron chi connectivity index (χ0n) is 10.3. The highest BCUT2D eigenvalue weighted by molar-refractivity contribution is 5.94. The number of carbonyl (C=O) groups excluding carboxylic acids is 1. The number of carbonyl (C=O) groups is 1. The third-order valence-corrected chi connectivity index (χ3v) is 3.81. The predicted octanol–water partition coefficient (Wildman–Crippen LogP) is 1.89. The molecule has 0 saturated carbocycles. The summed E-state index contributed by atoms with van der Waals surface area (Å²) in [6.45, 7) is 4.36. The van der Waals surface area contributed by atoms with Crippen LogP contribution >= 0.6 is 0 Å². The fourth-order valence-corrected chi connectivity index (χ4v) is 2.72. The Morgan fingerprint density at radius 2 is 2.00 bits per heavy atom. The van der Waals surface area contributed by atoms with Crippen molar-refractivity contribution < 1.29 is 4.79 Å². The molecule has 1 saturated heterocycles. The van der Waals surface area contributed by atoms with E-state index in [1.807, 2.05) is 24.3 Å². The Labute approximate surface area is 102 Å². The predicted molar refractivity (Wildman–Crippen MR) is 69.0 cm³/mol. The minimum atomic E-state index is -0.318. The highest BCUT2D eigenvalue weighted by atomic mass is 16.1. The van der Waals surface area contributed by atoms with E-state index in [4.69, 9.17) is 5.73 Å². The molecule has 0 aliphatic carbocycles. The van der Waals surface area contributed by atoms with Gasteiger partial charge in [0, 0.05) is 5.56 Å². The number of benzene rings is 1. The Morgan fingerprint density at radius 1 is 1.35 bits per heavy atom. The lowest BCUT2D eigenvalue weighted by molar-refractivity contribution is 0.0998.